The summed E-state index contributed by atoms with van der Waals surface area (Å²) in [7, 11) is 0. The van der Waals surface area contributed by atoms with Crippen LogP contribution in [-0.2, 0) is 4.79 Å². The largest absolute Gasteiger partial charge is 0.510 e. The van der Waals surface area contributed by atoms with Gasteiger partial charge < -0.3 is 5.11 Å². The van der Waals surface area contributed by atoms with E-state index in [9.17, 15) is 14.3 Å². The summed E-state index contributed by atoms with van der Waals surface area (Å²) in [5, 5.41) is 9.44. The fourth-order valence-corrected chi connectivity index (χ4v) is 2.71. The molecule has 2 nitrogen and oxygen atoms in total. The van der Waals surface area contributed by atoms with Crippen LogP contribution in [0.4, 0.5) is 4.39 Å². The van der Waals surface area contributed by atoms with Crippen molar-refractivity contribution in [2.45, 2.75) is 12.2 Å². The van der Waals surface area contributed by atoms with E-state index in [0.29, 0.717) is 16.0 Å². The minimum atomic E-state index is -0.396. The molecule has 0 fully saturated rings. The monoisotopic (exact) mass is 236 g/mol. The van der Waals surface area contributed by atoms with Crippen molar-refractivity contribution < 1.29 is 14.3 Å². The van der Waals surface area contributed by atoms with Crippen LogP contribution in [0.5, 0.6) is 0 Å². The van der Waals surface area contributed by atoms with Crippen LogP contribution < -0.4 is 0 Å². The Morgan fingerprint density at radius 1 is 1.50 bits per heavy atom. The standard InChI is InChI=1S/C12H9FO2S/c1-7-10(6-14)16-12(11(7)15)8-3-2-4-9(13)5-8/h2-5,12,15H,1H3. The van der Waals surface area contributed by atoms with Crippen LogP contribution in [0.2, 0.25) is 0 Å². The van der Waals surface area contributed by atoms with E-state index < -0.39 is 5.25 Å². The molecule has 0 amide bonds. The predicted octanol–water partition coefficient (Wildman–Crippen LogP) is 3.16. The smallest absolute Gasteiger partial charge is 0.139 e. The molecule has 1 aliphatic heterocycles. The summed E-state index contributed by atoms with van der Waals surface area (Å²) < 4.78 is 13.0. The first-order valence-electron chi connectivity index (χ1n) is 4.71. The maximum absolute atomic E-state index is 13.0. The minimum Gasteiger partial charge on any atom is -0.510 e. The molecule has 82 valence electrons. The van der Waals surface area contributed by atoms with Crippen molar-refractivity contribution in [3.8, 4) is 0 Å². The molecule has 0 radical (unpaired) electrons. The molecule has 4 heteroatoms. The average molecular weight is 236 g/mol. The number of benzene rings is 1. The highest BCUT2D eigenvalue weighted by atomic mass is 32.2. The minimum absolute atomic E-state index is 0.106. The lowest BCUT2D eigenvalue weighted by Crippen LogP contribution is -1.94. The molecule has 1 aliphatic rings. The molecule has 1 aromatic rings. The molecule has 0 bridgehead atoms. The summed E-state index contributed by atoms with van der Waals surface area (Å²) in [5.41, 5.74) is 1.17. The Balaban J connectivity index is 2.43. The van der Waals surface area contributed by atoms with Gasteiger partial charge in [0, 0.05) is 5.57 Å². The van der Waals surface area contributed by atoms with Gasteiger partial charge in [-0.2, -0.15) is 0 Å². The molecule has 0 aliphatic carbocycles. The van der Waals surface area contributed by atoms with E-state index in [1.165, 1.54) is 23.9 Å². The van der Waals surface area contributed by atoms with E-state index in [1.807, 2.05) is 0 Å². The van der Waals surface area contributed by atoms with Crippen LogP contribution in [0.1, 0.15) is 17.7 Å². The van der Waals surface area contributed by atoms with Crippen molar-refractivity contribution >= 4 is 17.7 Å². The molecule has 1 N–H and O–H groups in total. The van der Waals surface area contributed by atoms with E-state index in [4.69, 9.17) is 0 Å². The molecular weight excluding hydrogens is 227 g/mol. The van der Waals surface area contributed by atoms with E-state index in [-0.39, 0.29) is 11.6 Å². The lowest BCUT2D eigenvalue weighted by Gasteiger charge is -2.09. The first kappa shape index (κ1) is 11.0. The van der Waals surface area contributed by atoms with Gasteiger partial charge in [0.05, 0.1) is 10.2 Å². The summed E-state index contributed by atoms with van der Waals surface area (Å²) in [6.45, 7) is 1.65. The highest BCUT2D eigenvalue weighted by Crippen LogP contribution is 2.48. The fraction of sp³-hybridized carbons (Fsp3) is 0.167. The maximum Gasteiger partial charge on any atom is 0.139 e. The second-order valence-electron chi connectivity index (χ2n) is 3.49. The summed E-state index contributed by atoms with van der Waals surface area (Å²) >= 11 is 1.19. The molecule has 1 unspecified atom stereocenters. The van der Waals surface area contributed by atoms with Gasteiger partial charge >= 0.3 is 0 Å². The quantitative estimate of drug-likeness (QED) is 0.761. The number of aliphatic hydroxyl groups is 1. The Morgan fingerprint density at radius 3 is 2.81 bits per heavy atom. The molecule has 2 rings (SSSR count). The van der Waals surface area contributed by atoms with E-state index in [2.05, 4.69) is 0 Å². The van der Waals surface area contributed by atoms with Gasteiger partial charge in [0.2, 0.25) is 0 Å². The van der Waals surface area contributed by atoms with Crippen LogP contribution >= 0.6 is 11.8 Å². The van der Waals surface area contributed by atoms with Crippen LogP contribution in [0.15, 0.2) is 40.5 Å². The van der Waals surface area contributed by atoms with Crippen molar-refractivity contribution in [2.75, 3.05) is 0 Å². The molecule has 0 aromatic heterocycles. The maximum atomic E-state index is 13.0. The van der Waals surface area contributed by atoms with Crippen LogP contribution in [-0.4, -0.2) is 11.0 Å². The Labute approximate surface area is 96.5 Å². The number of carbonyl (C=O) groups excluding carboxylic acids is 1. The molecule has 1 atom stereocenters. The van der Waals surface area contributed by atoms with E-state index in [0.717, 1.165) is 0 Å². The number of allylic oxidation sites excluding steroid dienone is 1. The van der Waals surface area contributed by atoms with Crippen LogP contribution in [0, 0.1) is 5.82 Å². The van der Waals surface area contributed by atoms with Crippen LogP contribution in [0.3, 0.4) is 0 Å². The zero-order valence-corrected chi connectivity index (χ0v) is 9.34. The SMILES string of the molecule is CC1=C(O)C(c2cccc(F)c2)SC1=C=O. The predicted molar refractivity (Wildman–Crippen MR) is 61.3 cm³/mol. The molecule has 1 heterocycles. The molecule has 0 saturated carbocycles. The molecular formula is C12H9FO2S. The van der Waals surface area contributed by atoms with Crippen molar-refractivity contribution in [3.05, 3.63) is 51.9 Å². The first-order valence-corrected chi connectivity index (χ1v) is 5.58. The van der Waals surface area contributed by atoms with Gasteiger partial charge in [0.15, 0.2) is 0 Å². The molecule has 0 saturated heterocycles. The summed E-state index contributed by atoms with van der Waals surface area (Å²) in [4.78, 5) is 11.0. The second-order valence-corrected chi connectivity index (χ2v) is 4.61. The summed E-state index contributed by atoms with van der Waals surface area (Å²) in [5.74, 6) is 1.53. The third-order valence-corrected chi connectivity index (χ3v) is 3.81. The van der Waals surface area contributed by atoms with E-state index >= 15 is 0 Å². The van der Waals surface area contributed by atoms with Crippen molar-refractivity contribution in [1.82, 2.24) is 0 Å². The molecule has 1 aromatic carbocycles. The van der Waals surface area contributed by atoms with Crippen LogP contribution in [0.25, 0.3) is 0 Å². The normalized spacial score (nSPS) is 20.1. The van der Waals surface area contributed by atoms with Gasteiger partial charge in [-0.1, -0.05) is 23.9 Å². The van der Waals surface area contributed by atoms with Crippen molar-refractivity contribution in [3.63, 3.8) is 0 Å². The first-order chi connectivity index (χ1) is 7.63. The Kier molecular flexibility index (Phi) is 2.86. The highest BCUT2D eigenvalue weighted by Gasteiger charge is 2.30. The van der Waals surface area contributed by atoms with Gasteiger partial charge in [-0.05, 0) is 24.6 Å². The fourth-order valence-electron chi connectivity index (χ4n) is 1.57. The molecule has 16 heavy (non-hydrogen) atoms. The number of hydrogen-bond donors (Lipinski definition) is 1. The lowest BCUT2D eigenvalue weighted by molar-refractivity contribution is 0.393. The number of hydrogen-bond acceptors (Lipinski definition) is 3. The number of rotatable bonds is 1. The Bertz CT molecular complexity index is 516. The zero-order chi connectivity index (χ0) is 11.7. The van der Waals surface area contributed by atoms with Crippen molar-refractivity contribution in [2.24, 2.45) is 0 Å². The third-order valence-electron chi connectivity index (χ3n) is 2.45. The third kappa shape index (κ3) is 1.77. The zero-order valence-electron chi connectivity index (χ0n) is 8.53. The Morgan fingerprint density at radius 2 is 2.25 bits per heavy atom. The summed E-state index contributed by atoms with van der Waals surface area (Å²) in [6.07, 6.45) is 0. The van der Waals surface area contributed by atoms with Gasteiger partial charge in [-0.25, -0.2) is 9.18 Å². The molecule has 0 spiro atoms. The highest BCUT2D eigenvalue weighted by molar-refractivity contribution is 8.04. The number of halogens is 1. The van der Waals surface area contributed by atoms with E-state index in [1.54, 1.807) is 25.0 Å². The number of thioether (sulfide) groups is 1. The number of aliphatic hydroxyl groups excluding tert-OH is 1. The summed E-state index contributed by atoms with van der Waals surface area (Å²) in [6, 6.07) is 6.00. The van der Waals surface area contributed by atoms with Crippen molar-refractivity contribution in [1.29, 1.82) is 0 Å². The van der Waals surface area contributed by atoms with Gasteiger partial charge in [0.25, 0.3) is 0 Å². The van der Waals surface area contributed by atoms with Gasteiger partial charge in [0.1, 0.15) is 17.5 Å². The van der Waals surface area contributed by atoms with Gasteiger partial charge in [-0.15, -0.1) is 0 Å². The second kappa shape index (κ2) is 4.16. The lowest BCUT2D eigenvalue weighted by atomic mass is 10.1. The average Bonchev–Trinajstić information content (AvgIpc) is 2.56. The van der Waals surface area contributed by atoms with Gasteiger partial charge in [-0.3, -0.25) is 0 Å². The Hall–Kier alpha value is -1.51. The topological polar surface area (TPSA) is 37.3 Å².